The van der Waals surface area contributed by atoms with Crippen molar-refractivity contribution in [2.75, 3.05) is 0 Å². The molecule has 1 heterocycles. The van der Waals surface area contributed by atoms with E-state index in [1.165, 1.54) is 27.5 Å². The number of benzene rings is 3. The van der Waals surface area contributed by atoms with Crippen molar-refractivity contribution in [3.05, 3.63) is 91.0 Å². The van der Waals surface area contributed by atoms with Crippen LogP contribution in [0.25, 0.3) is 21.9 Å². The van der Waals surface area contributed by atoms with Crippen molar-refractivity contribution in [3.8, 4) is 11.1 Å². The van der Waals surface area contributed by atoms with Crippen molar-refractivity contribution in [2.24, 2.45) is 0 Å². The Bertz CT molecular complexity index is 937. The molecule has 2 nitrogen and oxygen atoms in total. The van der Waals surface area contributed by atoms with Crippen LogP contribution in [0, 0.1) is 0 Å². The average molecular weight is 312 g/mol. The van der Waals surface area contributed by atoms with Crippen LogP contribution in [0.4, 0.5) is 0 Å². The summed E-state index contributed by atoms with van der Waals surface area (Å²) < 4.78 is 2.17. The van der Waals surface area contributed by atoms with Crippen LogP contribution in [0.3, 0.4) is 0 Å². The molecule has 4 rings (SSSR count). The minimum atomic E-state index is 0.346. The predicted molar refractivity (Wildman–Crippen MR) is 100 cm³/mol. The summed E-state index contributed by atoms with van der Waals surface area (Å²) >= 11 is 0. The number of fused-ring (bicyclic) bond motifs is 1. The van der Waals surface area contributed by atoms with Crippen molar-refractivity contribution in [1.29, 1.82) is 0 Å². The number of nitrogens with zero attached hydrogens (tertiary/aromatic N) is 2. The molecule has 4 aromatic rings. The second kappa shape index (κ2) is 6.32. The Morgan fingerprint density at radius 1 is 0.875 bits per heavy atom. The maximum absolute atomic E-state index is 4.17. The van der Waals surface area contributed by atoms with Gasteiger partial charge in [0.05, 0.1) is 12.4 Å². The molecular weight excluding hydrogens is 292 g/mol. The van der Waals surface area contributed by atoms with Gasteiger partial charge >= 0.3 is 0 Å². The fourth-order valence-electron chi connectivity index (χ4n) is 3.34. The topological polar surface area (TPSA) is 17.8 Å². The van der Waals surface area contributed by atoms with Crippen molar-refractivity contribution in [3.63, 3.8) is 0 Å². The lowest BCUT2D eigenvalue weighted by molar-refractivity contribution is 0.566. The lowest BCUT2D eigenvalue weighted by Crippen LogP contribution is -2.07. The molecule has 0 aliphatic rings. The Balaban J connectivity index is 1.67. The van der Waals surface area contributed by atoms with E-state index in [1.54, 1.807) is 0 Å². The molecule has 0 N–H and O–H groups in total. The van der Waals surface area contributed by atoms with E-state index in [9.17, 15) is 0 Å². The molecule has 0 fully saturated rings. The van der Waals surface area contributed by atoms with Crippen molar-refractivity contribution in [1.82, 2.24) is 9.55 Å². The molecule has 1 atom stereocenters. The Labute approximate surface area is 142 Å². The zero-order valence-corrected chi connectivity index (χ0v) is 13.8. The van der Waals surface area contributed by atoms with Crippen molar-refractivity contribution < 1.29 is 0 Å². The highest BCUT2D eigenvalue weighted by Gasteiger charge is 2.11. The van der Waals surface area contributed by atoms with Gasteiger partial charge in [0.25, 0.3) is 0 Å². The van der Waals surface area contributed by atoms with Gasteiger partial charge in [-0.25, -0.2) is 4.98 Å². The molecule has 0 aliphatic carbocycles. The van der Waals surface area contributed by atoms with Gasteiger partial charge in [-0.15, -0.1) is 0 Å². The first kappa shape index (κ1) is 14.7. The zero-order valence-electron chi connectivity index (χ0n) is 13.8. The third-order valence-electron chi connectivity index (χ3n) is 4.65. The minimum Gasteiger partial charge on any atom is -0.330 e. The van der Waals surface area contributed by atoms with Gasteiger partial charge in [-0.1, -0.05) is 67.6 Å². The maximum Gasteiger partial charge on any atom is 0.0951 e. The second-order valence-electron chi connectivity index (χ2n) is 6.12. The summed E-state index contributed by atoms with van der Waals surface area (Å²) in [5, 5.41) is 2.56. The largest absolute Gasteiger partial charge is 0.330 e. The molecule has 0 aliphatic heterocycles. The summed E-state index contributed by atoms with van der Waals surface area (Å²) in [5.41, 5.74) is 3.83. The Hall–Kier alpha value is -2.87. The van der Waals surface area contributed by atoms with Crippen LogP contribution in [-0.4, -0.2) is 9.55 Å². The molecule has 118 valence electrons. The second-order valence-corrected chi connectivity index (χ2v) is 6.12. The Morgan fingerprint density at radius 2 is 1.62 bits per heavy atom. The highest BCUT2D eigenvalue weighted by molar-refractivity contribution is 5.87. The number of hydrogen-bond donors (Lipinski definition) is 0. The first-order valence-electron chi connectivity index (χ1n) is 8.42. The van der Waals surface area contributed by atoms with Crippen LogP contribution in [-0.2, 0) is 0 Å². The molecular formula is C22H20N2. The molecule has 0 bridgehead atoms. The van der Waals surface area contributed by atoms with Crippen molar-refractivity contribution in [2.45, 2.75) is 19.4 Å². The predicted octanol–water partition coefficient (Wildman–Crippen LogP) is 5.70. The molecule has 1 aromatic heterocycles. The maximum atomic E-state index is 4.17. The molecule has 0 spiro atoms. The van der Waals surface area contributed by atoms with Gasteiger partial charge in [-0.05, 0) is 39.9 Å². The highest BCUT2D eigenvalue weighted by atomic mass is 15.0. The van der Waals surface area contributed by atoms with E-state index in [0.29, 0.717) is 6.04 Å². The average Bonchev–Trinajstić information content (AvgIpc) is 3.17. The van der Waals surface area contributed by atoms with Crippen LogP contribution in [0.2, 0.25) is 0 Å². The van der Waals surface area contributed by atoms with E-state index in [0.717, 1.165) is 6.42 Å². The lowest BCUT2D eigenvalue weighted by atomic mass is 9.98. The fraction of sp³-hybridized carbons (Fsp3) is 0.136. The number of rotatable bonds is 4. The van der Waals surface area contributed by atoms with Crippen LogP contribution >= 0.6 is 0 Å². The first-order valence-corrected chi connectivity index (χ1v) is 8.42. The Kier molecular flexibility index (Phi) is 3.87. The quantitative estimate of drug-likeness (QED) is 0.472. The molecule has 2 heteroatoms. The van der Waals surface area contributed by atoms with Gasteiger partial charge in [0.1, 0.15) is 0 Å². The zero-order chi connectivity index (χ0) is 16.4. The monoisotopic (exact) mass is 312 g/mol. The molecule has 1 unspecified atom stereocenters. The van der Waals surface area contributed by atoms with Crippen LogP contribution in [0.15, 0.2) is 85.5 Å². The van der Waals surface area contributed by atoms with E-state index in [2.05, 4.69) is 83.2 Å². The summed E-state index contributed by atoms with van der Waals surface area (Å²) in [6.45, 7) is 2.21. The minimum absolute atomic E-state index is 0.346. The van der Waals surface area contributed by atoms with Crippen LogP contribution in [0.1, 0.15) is 24.9 Å². The van der Waals surface area contributed by atoms with Crippen LogP contribution < -0.4 is 0 Å². The molecule has 0 saturated carbocycles. The van der Waals surface area contributed by atoms with Gasteiger partial charge in [-0.3, -0.25) is 0 Å². The third-order valence-corrected chi connectivity index (χ3v) is 4.65. The van der Waals surface area contributed by atoms with Gasteiger partial charge in [0, 0.05) is 12.4 Å². The summed E-state index contributed by atoms with van der Waals surface area (Å²) in [6, 6.07) is 24.4. The van der Waals surface area contributed by atoms with Crippen LogP contribution in [0.5, 0.6) is 0 Å². The SMILES string of the molecule is CCC(c1ccc(-c2ccc3ccccc3c2)cc1)n1ccnc1. The van der Waals surface area contributed by atoms with E-state index in [-0.39, 0.29) is 0 Å². The van der Waals surface area contributed by atoms with Gasteiger partial charge < -0.3 is 4.57 Å². The molecule has 0 amide bonds. The lowest BCUT2D eigenvalue weighted by Gasteiger charge is -2.17. The fourth-order valence-corrected chi connectivity index (χ4v) is 3.34. The highest BCUT2D eigenvalue weighted by Crippen LogP contribution is 2.27. The van der Waals surface area contributed by atoms with Gasteiger partial charge in [0.15, 0.2) is 0 Å². The van der Waals surface area contributed by atoms with Gasteiger partial charge in [0.2, 0.25) is 0 Å². The molecule has 0 radical (unpaired) electrons. The molecule has 3 aromatic carbocycles. The Morgan fingerprint density at radius 3 is 2.33 bits per heavy atom. The smallest absolute Gasteiger partial charge is 0.0951 e. The number of hydrogen-bond acceptors (Lipinski definition) is 1. The number of imidazole rings is 1. The molecule has 0 saturated heterocycles. The first-order chi connectivity index (χ1) is 11.8. The van der Waals surface area contributed by atoms with E-state index in [1.807, 2.05) is 18.7 Å². The van der Waals surface area contributed by atoms with E-state index in [4.69, 9.17) is 0 Å². The summed E-state index contributed by atoms with van der Waals surface area (Å²) in [7, 11) is 0. The third kappa shape index (κ3) is 2.71. The van der Waals surface area contributed by atoms with E-state index < -0.39 is 0 Å². The summed E-state index contributed by atoms with van der Waals surface area (Å²) in [4.78, 5) is 4.17. The molecule has 24 heavy (non-hydrogen) atoms. The van der Waals surface area contributed by atoms with Crippen molar-refractivity contribution >= 4 is 10.8 Å². The summed E-state index contributed by atoms with van der Waals surface area (Å²) in [6.07, 6.45) is 6.81. The van der Waals surface area contributed by atoms with Gasteiger partial charge in [-0.2, -0.15) is 0 Å². The van der Waals surface area contributed by atoms with E-state index >= 15 is 0 Å². The summed E-state index contributed by atoms with van der Waals surface area (Å²) in [5.74, 6) is 0. The number of aromatic nitrogens is 2. The standard InChI is InChI=1S/C22H20N2/c1-2-22(24-14-13-23-16-24)19-10-7-18(8-11-19)21-12-9-17-5-3-4-6-20(17)15-21/h3-16,22H,2H2,1H3. The normalized spacial score (nSPS) is 12.4.